The van der Waals surface area contributed by atoms with Crippen molar-refractivity contribution < 1.29 is 9.50 Å². The molecule has 24 heavy (non-hydrogen) atoms. The summed E-state index contributed by atoms with van der Waals surface area (Å²) in [6, 6.07) is 6.60. The number of halogens is 2. The summed E-state index contributed by atoms with van der Waals surface area (Å²) in [7, 11) is 0. The maximum atomic E-state index is 13.4. The number of hydrogen-bond donors (Lipinski definition) is 3. The van der Waals surface area contributed by atoms with Crippen molar-refractivity contribution in [3.8, 4) is 0 Å². The Labute approximate surface area is 154 Å². The molecule has 2 rings (SSSR count). The van der Waals surface area contributed by atoms with Crippen molar-refractivity contribution in [3.63, 3.8) is 0 Å². The first-order valence-electron chi connectivity index (χ1n) is 7.63. The average molecular weight is 414 g/mol. The van der Waals surface area contributed by atoms with Gasteiger partial charge in [0.2, 0.25) is 0 Å². The predicted octanol–water partition coefficient (Wildman–Crippen LogP) is 3.61. The molecule has 0 amide bonds. The molecule has 0 spiro atoms. The molecule has 0 aliphatic carbocycles. The van der Waals surface area contributed by atoms with Crippen LogP contribution in [0.5, 0.6) is 0 Å². The van der Waals surface area contributed by atoms with Crippen molar-refractivity contribution in [2.75, 3.05) is 13.1 Å². The number of guanidine groups is 1. The molecule has 2 aromatic rings. The quantitative estimate of drug-likeness (QED) is 0.500. The van der Waals surface area contributed by atoms with Crippen molar-refractivity contribution in [1.29, 1.82) is 0 Å². The first-order chi connectivity index (χ1) is 11.4. The van der Waals surface area contributed by atoms with Crippen molar-refractivity contribution in [3.05, 3.63) is 56.4 Å². The Hall–Kier alpha value is -1.44. The Morgan fingerprint density at radius 2 is 2.17 bits per heavy atom. The van der Waals surface area contributed by atoms with E-state index < -0.39 is 5.60 Å². The van der Waals surface area contributed by atoms with Gasteiger partial charge in [-0.2, -0.15) is 11.3 Å². The first-order valence-corrected chi connectivity index (χ1v) is 9.36. The maximum absolute atomic E-state index is 13.4. The standard InChI is InChI=1S/C17H21BrFN3OS/c1-3-20-16(21-9-12-6-14(18)8-15(19)7-12)22-11-17(2,23)13-4-5-24-10-13/h4-8,10,23H,3,9,11H2,1-2H3,(H2,20,21,22). The monoisotopic (exact) mass is 413 g/mol. The Morgan fingerprint density at radius 1 is 1.38 bits per heavy atom. The van der Waals surface area contributed by atoms with E-state index in [2.05, 4.69) is 31.6 Å². The highest BCUT2D eigenvalue weighted by Crippen LogP contribution is 2.22. The highest BCUT2D eigenvalue weighted by molar-refractivity contribution is 9.10. The summed E-state index contributed by atoms with van der Waals surface area (Å²) in [5.41, 5.74) is 0.645. The van der Waals surface area contributed by atoms with Gasteiger partial charge in [-0.15, -0.1) is 0 Å². The molecular formula is C17H21BrFN3OS. The fourth-order valence-electron chi connectivity index (χ4n) is 2.14. The number of rotatable bonds is 6. The number of aliphatic imine (C=N–C) groups is 1. The summed E-state index contributed by atoms with van der Waals surface area (Å²) in [5.74, 6) is 0.279. The molecule has 130 valence electrons. The highest BCUT2D eigenvalue weighted by Gasteiger charge is 2.23. The average Bonchev–Trinajstić information content (AvgIpc) is 3.04. The van der Waals surface area contributed by atoms with Crippen LogP contribution in [0.1, 0.15) is 25.0 Å². The number of benzene rings is 1. The summed E-state index contributed by atoms with van der Waals surface area (Å²) < 4.78 is 14.1. The molecule has 0 fully saturated rings. The molecule has 0 saturated heterocycles. The normalized spacial score (nSPS) is 14.3. The molecule has 1 aromatic heterocycles. The van der Waals surface area contributed by atoms with Gasteiger partial charge in [0.15, 0.2) is 5.96 Å². The summed E-state index contributed by atoms with van der Waals surface area (Å²) in [5, 5.41) is 20.7. The van der Waals surface area contributed by atoms with Crippen LogP contribution in [0.2, 0.25) is 0 Å². The Kier molecular flexibility index (Phi) is 6.77. The van der Waals surface area contributed by atoms with E-state index in [0.29, 0.717) is 30.1 Å². The molecular weight excluding hydrogens is 393 g/mol. The third-order valence-corrected chi connectivity index (χ3v) is 4.57. The SMILES string of the molecule is CCNC(=NCc1cc(F)cc(Br)c1)NCC(C)(O)c1ccsc1. The smallest absolute Gasteiger partial charge is 0.191 e. The van der Waals surface area contributed by atoms with E-state index in [1.54, 1.807) is 18.3 Å². The largest absolute Gasteiger partial charge is 0.384 e. The molecule has 1 aromatic carbocycles. The van der Waals surface area contributed by atoms with Crippen LogP contribution in [-0.2, 0) is 12.1 Å². The van der Waals surface area contributed by atoms with E-state index in [9.17, 15) is 9.50 Å². The van der Waals surface area contributed by atoms with Crippen LogP contribution in [0.25, 0.3) is 0 Å². The minimum atomic E-state index is -0.988. The van der Waals surface area contributed by atoms with Gasteiger partial charge in [0.05, 0.1) is 13.1 Å². The van der Waals surface area contributed by atoms with Crippen LogP contribution in [0.3, 0.4) is 0 Å². The second kappa shape index (κ2) is 8.60. The van der Waals surface area contributed by atoms with Gasteiger partial charge in [-0.1, -0.05) is 15.9 Å². The fraction of sp³-hybridized carbons (Fsp3) is 0.353. The van der Waals surface area contributed by atoms with Crippen LogP contribution in [0.15, 0.2) is 44.5 Å². The van der Waals surface area contributed by atoms with E-state index in [-0.39, 0.29) is 5.82 Å². The number of nitrogens with one attached hydrogen (secondary N) is 2. The fourth-order valence-corrected chi connectivity index (χ4v) is 3.44. The molecule has 0 saturated carbocycles. The predicted molar refractivity (Wildman–Crippen MR) is 101 cm³/mol. The molecule has 1 atom stereocenters. The molecule has 0 aliphatic rings. The molecule has 1 unspecified atom stereocenters. The minimum absolute atomic E-state index is 0.298. The number of thiophene rings is 1. The van der Waals surface area contributed by atoms with Crippen molar-refractivity contribution in [2.24, 2.45) is 4.99 Å². The zero-order valence-corrected chi connectivity index (χ0v) is 16.0. The second-order valence-corrected chi connectivity index (χ2v) is 7.31. The molecule has 0 radical (unpaired) electrons. The summed E-state index contributed by atoms with van der Waals surface area (Å²) in [4.78, 5) is 4.45. The zero-order valence-electron chi connectivity index (χ0n) is 13.6. The van der Waals surface area contributed by atoms with Gasteiger partial charge in [-0.05, 0) is 60.0 Å². The van der Waals surface area contributed by atoms with Crippen molar-refractivity contribution in [2.45, 2.75) is 26.0 Å². The molecule has 4 nitrogen and oxygen atoms in total. The van der Waals surface area contributed by atoms with Crippen molar-refractivity contribution in [1.82, 2.24) is 10.6 Å². The summed E-state index contributed by atoms with van der Waals surface area (Å²) in [6.45, 7) is 5.08. The Bertz CT molecular complexity index is 669. The van der Waals surface area contributed by atoms with Crippen LogP contribution in [0, 0.1) is 5.82 Å². The maximum Gasteiger partial charge on any atom is 0.191 e. The third-order valence-electron chi connectivity index (χ3n) is 3.43. The lowest BCUT2D eigenvalue weighted by Crippen LogP contribution is -2.44. The van der Waals surface area contributed by atoms with E-state index in [4.69, 9.17) is 0 Å². The van der Waals surface area contributed by atoms with Crippen LogP contribution in [-0.4, -0.2) is 24.2 Å². The number of hydrogen-bond acceptors (Lipinski definition) is 3. The van der Waals surface area contributed by atoms with Crippen LogP contribution < -0.4 is 10.6 Å². The summed E-state index contributed by atoms with van der Waals surface area (Å²) >= 11 is 4.83. The van der Waals surface area contributed by atoms with Crippen molar-refractivity contribution >= 4 is 33.2 Å². The van der Waals surface area contributed by atoms with E-state index in [0.717, 1.165) is 11.1 Å². The minimum Gasteiger partial charge on any atom is -0.384 e. The Morgan fingerprint density at radius 3 is 2.79 bits per heavy atom. The molecule has 3 N–H and O–H groups in total. The second-order valence-electron chi connectivity index (χ2n) is 5.61. The van der Waals surface area contributed by atoms with Gasteiger partial charge in [0.25, 0.3) is 0 Å². The van der Waals surface area contributed by atoms with E-state index in [1.165, 1.54) is 12.1 Å². The number of nitrogens with zero attached hydrogens (tertiary/aromatic N) is 1. The van der Waals surface area contributed by atoms with Gasteiger partial charge >= 0.3 is 0 Å². The van der Waals surface area contributed by atoms with E-state index in [1.807, 2.05) is 29.8 Å². The molecule has 0 aliphatic heterocycles. The lowest BCUT2D eigenvalue weighted by Gasteiger charge is -2.24. The molecule has 0 bridgehead atoms. The van der Waals surface area contributed by atoms with Crippen LogP contribution >= 0.6 is 27.3 Å². The van der Waals surface area contributed by atoms with E-state index >= 15 is 0 Å². The zero-order chi connectivity index (χ0) is 17.6. The molecule has 7 heteroatoms. The van der Waals surface area contributed by atoms with Gasteiger partial charge in [0, 0.05) is 11.0 Å². The lowest BCUT2D eigenvalue weighted by molar-refractivity contribution is 0.0621. The Balaban J connectivity index is 2.03. The third kappa shape index (κ3) is 5.58. The van der Waals surface area contributed by atoms with Gasteiger partial charge < -0.3 is 15.7 Å². The number of aliphatic hydroxyl groups is 1. The first kappa shape index (κ1) is 18.9. The molecule has 1 heterocycles. The lowest BCUT2D eigenvalue weighted by atomic mass is 9.99. The summed E-state index contributed by atoms with van der Waals surface area (Å²) in [6.07, 6.45) is 0. The highest BCUT2D eigenvalue weighted by atomic mass is 79.9. The topological polar surface area (TPSA) is 56.7 Å². The van der Waals surface area contributed by atoms with Crippen LogP contribution in [0.4, 0.5) is 4.39 Å². The van der Waals surface area contributed by atoms with Gasteiger partial charge in [0.1, 0.15) is 11.4 Å². The van der Waals surface area contributed by atoms with Gasteiger partial charge in [-0.3, -0.25) is 0 Å². The van der Waals surface area contributed by atoms with Gasteiger partial charge in [-0.25, -0.2) is 9.38 Å².